The maximum Gasteiger partial charge on any atom is 0.269 e. The monoisotopic (exact) mass is 359 g/mol. The zero-order chi connectivity index (χ0) is 19.3. The zero-order valence-electron chi connectivity index (χ0n) is 14.9. The molecule has 8 heteroatoms. The van der Waals surface area contributed by atoms with Crippen molar-refractivity contribution in [2.45, 2.75) is 33.2 Å². The Morgan fingerprint density at radius 3 is 2.35 bits per heavy atom. The van der Waals surface area contributed by atoms with Gasteiger partial charge in [0.15, 0.2) is 5.78 Å². The van der Waals surface area contributed by atoms with Crippen LogP contribution in [0.2, 0.25) is 0 Å². The number of hydrogen-bond donors (Lipinski definition) is 0. The minimum absolute atomic E-state index is 0.0893. The minimum Gasteiger partial charge on any atom is -0.364 e. The minimum atomic E-state index is -0.696. The van der Waals surface area contributed by atoms with Crippen molar-refractivity contribution in [3.63, 3.8) is 0 Å². The van der Waals surface area contributed by atoms with Crippen molar-refractivity contribution in [2.24, 2.45) is 5.92 Å². The van der Waals surface area contributed by atoms with E-state index in [4.69, 9.17) is 4.52 Å². The van der Waals surface area contributed by atoms with Crippen LogP contribution in [-0.2, 0) is 0 Å². The first-order chi connectivity index (χ1) is 12.4. The lowest BCUT2D eigenvalue weighted by atomic mass is 9.92. The number of ketones is 1. The molecule has 26 heavy (non-hydrogen) atoms. The molecule has 0 fully saturated rings. The van der Waals surface area contributed by atoms with E-state index in [2.05, 4.69) is 5.16 Å². The van der Waals surface area contributed by atoms with E-state index >= 15 is 0 Å². The van der Waals surface area contributed by atoms with Gasteiger partial charge in [0.25, 0.3) is 11.6 Å². The Labute approximate surface area is 150 Å². The van der Waals surface area contributed by atoms with Gasteiger partial charge in [0.1, 0.15) is 6.26 Å². The van der Waals surface area contributed by atoms with Crippen LogP contribution in [0.4, 0.5) is 5.69 Å². The largest absolute Gasteiger partial charge is 0.364 e. The third kappa shape index (κ3) is 4.14. The molecule has 2 aromatic rings. The van der Waals surface area contributed by atoms with Gasteiger partial charge < -0.3 is 9.42 Å². The molecule has 0 N–H and O–H groups in total. The van der Waals surface area contributed by atoms with Gasteiger partial charge in [0.05, 0.1) is 22.7 Å². The number of Topliss-reactive ketones (excluding diaryl/α,β-unsaturated/α-hetero) is 1. The fourth-order valence-corrected chi connectivity index (χ4v) is 2.81. The van der Waals surface area contributed by atoms with Crippen LogP contribution in [-0.4, -0.2) is 39.3 Å². The number of nitro groups is 1. The number of benzene rings is 1. The summed E-state index contributed by atoms with van der Waals surface area (Å²) in [6, 6.07) is 4.72. The fraction of sp³-hybridized carbons (Fsp3) is 0.389. The van der Waals surface area contributed by atoms with Crippen molar-refractivity contribution < 1.29 is 19.0 Å². The molecule has 1 unspecified atom stereocenters. The van der Waals surface area contributed by atoms with E-state index in [-0.39, 0.29) is 28.9 Å². The van der Waals surface area contributed by atoms with Crippen LogP contribution in [0.1, 0.15) is 47.9 Å². The summed E-state index contributed by atoms with van der Waals surface area (Å²) in [5.74, 6) is -0.733. The Kier molecular flexibility index (Phi) is 6.21. The zero-order valence-corrected chi connectivity index (χ0v) is 14.9. The Hall–Kier alpha value is -3.03. The number of nitrogens with zero attached hydrogens (tertiary/aromatic N) is 3. The first-order valence-electron chi connectivity index (χ1n) is 8.35. The number of amides is 1. The van der Waals surface area contributed by atoms with Crippen LogP contribution in [0.25, 0.3) is 0 Å². The quantitative estimate of drug-likeness (QED) is 0.406. The van der Waals surface area contributed by atoms with E-state index in [9.17, 15) is 19.7 Å². The van der Waals surface area contributed by atoms with Crippen molar-refractivity contribution in [2.75, 3.05) is 6.54 Å². The molecule has 0 saturated carbocycles. The molecule has 1 aromatic carbocycles. The summed E-state index contributed by atoms with van der Waals surface area (Å²) in [4.78, 5) is 37.6. The lowest BCUT2D eigenvalue weighted by Crippen LogP contribution is -2.48. The number of nitro benzene ring substituents is 1. The van der Waals surface area contributed by atoms with Crippen LogP contribution < -0.4 is 0 Å². The van der Waals surface area contributed by atoms with Gasteiger partial charge in [0.2, 0.25) is 0 Å². The van der Waals surface area contributed by atoms with Gasteiger partial charge in [0, 0.05) is 24.2 Å². The molecule has 0 saturated heterocycles. The lowest BCUT2D eigenvalue weighted by Gasteiger charge is -2.33. The third-order valence-corrected chi connectivity index (χ3v) is 4.00. The Bertz CT molecular complexity index is 769. The molecule has 0 spiro atoms. The van der Waals surface area contributed by atoms with Crippen LogP contribution >= 0.6 is 0 Å². The summed E-state index contributed by atoms with van der Waals surface area (Å²) >= 11 is 0. The molecule has 0 bridgehead atoms. The van der Waals surface area contributed by atoms with Gasteiger partial charge in [-0.05, 0) is 24.5 Å². The predicted molar refractivity (Wildman–Crippen MR) is 93.9 cm³/mol. The van der Waals surface area contributed by atoms with E-state index in [0.717, 1.165) is 0 Å². The van der Waals surface area contributed by atoms with Gasteiger partial charge in [-0.2, -0.15) is 0 Å². The molecule has 1 aromatic heterocycles. The average Bonchev–Trinajstić information content (AvgIpc) is 3.15. The topological polar surface area (TPSA) is 107 Å². The Balaban J connectivity index is 2.36. The lowest BCUT2D eigenvalue weighted by molar-refractivity contribution is -0.384. The summed E-state index contributed by atoms with van der Waals surface area (Å²) in [5, 5.41) is 14.3. The highest BCUT2D eigenvalue weighted by Crippen LogP contribution is 2.21. The summed E-state index contributed by atoms with van der Waals surface area (Å²) in [6.45, 7) is 6.03. The van der Waals surface area contributed by atoms with E-state index < -0.39 is 11.0 Å². The second-order valence-electron chi connectivity index (χ2n) is 6.27. The Morgan fingerprint density at radius 2 is 1.88 bits per heavy atom. The number of rotatable bonds is 8. The number of non-ortho nitro benzene ring substituents is 1. The van der Waals surface area contributed by atoms with Gasteiger partial charge in [-0.15, -0.1) is 0 Å². The third-order valence-electron chi connectivity index (χ3n) is 4.00. The average molecular weight is 359 g/mol. The van der Waals surface area contributed by atoms with E-state index in [1.54, 1.807) is 0 Å². The second kappa shape index (κ2) is 8.37. The molecule has 8 nitrogen and oxygen atoms in total. The highest BCUT2D eigenvalue weighted by molar-refractivity contribution is 6.04. The van der Waals surface area contributed by atoms with Crippen molar-refractivity contribution in [1.29, 1.82) is 0 Å². The number of carbonyl (C=O) groups excluding carboxylic acids is 2. The van der Waals surface area contributed by atoms with Gasteiger partial charge in [-0.3, -0.25) is 19.7 Å². The molecule has 1 amide bonds. The van der Waals surface area contributed by atoms with Gasteiger partial charge >= 0.3 is 0 Å². The number of carbonyl (C=O) groups is 2. The van der Waals surface area contributed by atoms with Crippen molar-refractivity contribution in [3.05, 3.63) is 58.0 Å². The highest BCUT2D eigenvalue weighted by Gasteiger charge is 2.33. The molecule has 0 radical (unpaired) electrons. The molecule has 1 heterocycles. The van der Waals surface area contributed by atoms with Crippen molar-refractivity contribution in [1.82, 2.24) is 10.1 Å². The maximum atomic E-state index is 13.1. The molecule has 1 atom stereocenters. The van der Waals surface area contributed by atoms with Gasteiger partial charge in [-0.25, -0.2) is 0 Å². The SMILES string of the molecule is CCCN(C(=O)c1cnoc1)C(C(=O)c1ccc([N+](=O)[O-])cc1)C(C)C. The molecule has 0 aliphatic heterocycles. The molecular weight excluding hydrogens is 338 g/mol. The summed E-state index contributed by atoms with van der Waals surface area (Å²) < 4.78 is 4.74. The summed E-state index contributed by atoms with van der Waals surface area (Å²) in [5.41, 5.74) is 0.516. The van der Waals surface area contributed by atoms with Gasteiger partial charge in [-0.1, -0.05) is 25.9 Å². The van der Waals surface area contributed by atoms with Crippen LogP contribution in [0.15, 0.2) is 41.2 Å². The van der Waals surface area contributed by atoms with E-state index in [1.807, 2.05) is 20.8 Å². The number of hydrogen-bond acceptors (Lipinski definition) is 6. The predicted octanol–water partition coefficient (Wildman–Crippen LogP) is 3.34. The fourth-order valence-electron chi connectivity index (χ4n) is 2.81. The first kappa shape index (κ1) is 19.3. The highest BCUT2D eigenvalue weighted by atomic mass is 16.6. The maximum absolute atomic E-state index is 13.1. The molecule has 0 aliphatic carbocycles. The Morgan fingerprint density at radius 1 is 1.23 bits per heavy atom. The number of aromatic nitrogens is 1. The standard InChI is InChI=1S/C18H21N3O5/c1-4-9-20(18(23)14-10-19-26-11-14)16(12(2)3)17(22)13-5-7-15(8-6-13)21(24)25/h5-8,10-12,16H,4,9H2,1-3H3. The smallest absolute Gasteiger partial charge is 0.269 e. The van der Waals surface area contributed by atoms with E-state index in [0.29, 0.717) is 18.5 Å². The molecule has 2 rings (SSSR count). The molecule has 0 aliphatic rings. The van der Waals surface area contributed by atoms with Crippen molar-refractivity contribution in [3.8, 4) is 0 Å². The second-order valence-corrected chi connectivity index (χ2v) is 6.27. The van der Waals surface area contributed by atoms with Crippen molar-refractivity contribution >= 4 is 17.4 Å². The molecular formula is C18H21N3O5. The van der Waals surface area contributed by atoms with Crippen LogP contribution in [0.3, 0.4) is 0 Å². The van der Waals surface area contributed by atoms with Crippen LogP contribution in [0, 0.1) is 16.0 Å². The first-order valence-corrected chi connectivity index (χ1v) is 8.35. The molecule has 138 valence electrons. The normalized spacial score (nSPS) is 12.0. The summed E-state index contributed by atoms with van der Waals surface area (Å²) in [6.07, 6.45) is 3.24. The van der Waals surface area contributed by atoms with E-state index in [1.165, 1.54) is 41.6 Å². The summed E-state index contributed by atoms with van der Waals surface area (Å²) in [7, 11) is 0. The van der Waals surface area contributed by atoms with Crippen LogP contribution in [0.5, 0.6) is 0 Å².